The molecule has 22 heavy (non-hydrogen) atoms. The van der Waals surface area contributed by atoms with E-state index in [1.807, 2.05) is 24.3 Å². The van der Waals surface area contributed by atoms with Crippen molar-refractivity contribution in [2.75, 3.05) is 20.7 Å². The highest BCUT2D eigenvalue weighted by molar-refractivity contribution is 5.49. The zero-order valence-corrected chi connectivity index (χ0v) is 12.9. The molecule has 0 spiro atoms. The predicted molar refractivity (Wildman–Crippen MR) is 85.5 cm³/mol. The van der Waals surface area contributed by atoms with Crippen molar-refractivity contribution in [3.05, 3.63) is 53.1 Å². The quantitative estimate of drug-likeness (QED) is 0.915. The van der Waals surface area contributed by atoms with Gasteiger partial charge in [0.15, 0.2) is 11.5 Å². The molecule has 0 fully saturated rings. The van der Waals surface area contributed by atoms with Gasteiger partial charge in [0.2, 0.25) is 0 Å². The maximum Gasteiger partial charge on any atom is 0.160 e. The second-order valence-corrected chi connectivity index (χ2v) is 5.84. The highest BCUT2D eigenvalue weighted by Gasteiger charge is 2.26. The number of ether oxygens (including phenoxy) is 1. The number of likely N-dealkylation sites (N-methyl/N-ethyl adjacent to an activating group) is 1. The maximum absolute atomic E-state index is 10.1. The van der Waals surface area contributed by atoms with Gasteiger partial charge in [0.1, 0.15) is 5.75 Å². The molecule has 2 N–H and O–H groups in total. The molecule has 0 aromatic heterocycles. The van der Waals surface area contributed by atoms with E-state index in [1.165, 1.54) is 5.56 Å². The van der Waals surface area contributed by atoms with Crippen molar-refractivity contribution in [2.45, 2.75) is 18.9 Å². The Morgan fingerprint density at radius 2 is 1.91 bits per heavy atom. The summed E-state index contributed by atoms with van der Waals surface area (Å²) in [7, 11) is 3.68. The lowest BCUT2D eigenvalue weighted by Gasteiger charge is -2.35. The van der Waals surface area contributed by atoms with Crippen LogP contribution in [0, 0.1) is 0 Å². The number of rotatable bonds is 3. The average molecular weight is 299 g/mol. The molecule has 4 heteroatoms. The molecule has 0 aliphatic carbocycles. The number of phenolic OH excluding ortho intramolecular Hbond substituents is 2. The Labute approximate surface area is 130 Å². The lowest BCUT2D eigenvalue weighted by atomic mass is 9.88. The Bertz CT molecular complexity index is 667. The molecule has 1 heterocycles. The number of methoxy groups -OCH3 is 1. The summed E-state index contributed by atoms with van der Waals surface area (Å²) >= 11 is 0. The van der Waals surface area contributed by atoms with Crippen LogP contribution in [0.2, 0.25) is 0 Å². The highest BCUT2D eigenvalue weighted by Crippen LogP contribution is 2.38. The van der Waals surface area contributed by atoms with Crippen LogP contribution in [0.1, 0.15) is 22.7 Å². The first-order valence-electron chi connectivity index (χ1n) is 7.46. The van der Waals surface area contributed by atoms with Gasteiger partial charge in [-0.25, -0.2) is 0 Å². The summed E-state index contributed by atoms with van der Waals surface area (Å²) in [6, 6.07) is 11.3. The van der Waals surface area contributed by atoms with E-state index in [1.54, 1.807) is 19.2 Å². The fourth-order valence-electron chi connectivity index (χ4n) is 3.13. The maximum atomic E-state index is 10.1. The van der Waals surface area contributed by atoms with E-state index in [0.717, 1.165) is 30.5 Å². The van der Waals surface area contributed by atoms with Gasteiger partial charge in [-0.2, -0.15) is 0 Å². The molecule has 1 aliphatic heterocycles. The van der Waals surface area contributed by atoms with Crippen molar-refractivity contribution in [3.63, 3.8) is 0 Å². The monoisotopic (exact) mass is 299 g/mol. The fourth-order valence-corrected chi connectivity index (χ4v) is 3.13. The molecule has 116 valence electrons. The molecule has 0 amide bonds. The minimum atomic E-state index is 0.187. The van der Waals surface area contributed by atoms with E-state index in [9.17, 15) is 10.2 Å². The number of phenols is 2. The van der Waals surface area contributed by atoms with E-state index >= 15 is 0 Å². The second kappa shape index (κ2) is 5.89. The smallest absolute Gasteiger partial charge is 0.160 e. The number of benzene rings is 2. The Balaban J connectivity index is 1.95. The van der Waals surface area contributed by atoms with Crippen LogP contribution in [0.25, 0.3) is 0 Å². The number of aromatic hydroxyl groups is 2. The van der Waals surface area contributed by atoms with Gasteiger partial charge in [-0.15, -0.1) is 0 Å². The van der Waals surface area contributed by atoms with Gasteiger partial charge in [0, 0.05) is 12.6 Å². The lowest BCUT2D eigenvalue weighted by molar-refractivity contribution is 0.228. The normalized spacial score (nSPS) is 18.0. The first kappa shape index (κ1) is 14.7. The van der Waals surface area contributed by atoms with Crippen molar-refractivity contribution in [1.29, 1.82) is 0 Å². The predicted octanol–water partition coefficient (Wildman–Crippen LogP) is 2.88. The molecule has 2 aromatic rings. The standard InChI is InChI=1S/C18H21NO3/c1-19-8-7-13-10-18(22-2)17(21)11-15(13)16(19)9-12-3-5-14(20)6-4-12/h3-6,10-11,16,20-21H,7-9H2,1-2H3/t16-/m0/s1. The fraction of sp³-hybridized carbons (Fsp3) is 0.333. The number of hydrogen-bond donors (Lipinski definition) is 2. The molecular weight excluding hydrogens is 278 g/mol. The zero-order valence-electron chi connectivity index (χ0n) is 12.9. The van der Waals surface area contributed by atoms with Gasteiger partial charge in [-0.05, 0) is 60.8 Å². The topological polar surface area (TPSA) is 52.9 Å². The van der Waals surface area contributed by atoms with Crippen LogP contribution in [0.4, 0.5) is 0 Å². The Hall–Kier alpha value is -2.20. The summed E-state index contributed by atoms with van der Waals surface area (Å²) in [6.07, 6.45) is 1.80. The molecule has 0 bridgehead atoms. The third-order valence-corrected chi connectivity index (χ3v) is 4.43. The van der Waals surface area contributed by atoms with Gasteiger partial charge >= 0.3 is 0 Å². The third kappa shape index (κ3) is 2.74. The van der Waals surface area contributed by atoms with Crippen molar-refractivity contribution in [2.24, 2.45) is 0 Å². The van der Waals surface area contributed by atoms with Gasteiger partial charge in [-0.3, -0.25) is 4.90 Å². The van der Waals surface area contributed by atoms with Crippen LogP contribution in [-0.4, -0.2) is 35.8 Å². The van der Waals surface area contributed by atoms with Gasteiger partial charge < -0.3 is 14.9 Å². The van der Waals surface area contributed by atoms with Crippen molar-refractivity contribution in [1.82, 2.24) is 4.90 Å². The average Bonchev–Trinajstić information content (AvgIpc) is 2.52. The lowest BCUT2D eigenvalue weighted by Crippen LogP contribution is -2.33. The Kier molecular flexibility index (Phi) is 3.94. The molecule has 3 rings (SSSR count). The van der Waals surface area contributed by atoms with Gasteiger partial charge in [-0.1, -0.05) is 12.1 Å². The first-order valence-corrected chi connectivity index (χ1v) is 7.46. The summed E-state index contributed by atoms with van der Waals surface area (Å²) < 4.78 is 5.21. The minimum Gasteiger partial charge on any atom is -0.508 e. The summed E-state index contributed by atoms with van der Waals surface area (Å²) in [6.45, 7) is 0.976. The molecule has 2 aromatic carbocycles. The molecule has 0 unspecified atom stereocenters. The molecule has 0 saturated heterocycles. The minimum absolute atomic E-state index is 0.187. The molecule has 0 radical (unpaired) electrons. The molecular formula is C18H21NO3. The van der Waals surface area contributed by atoms with Crippen molar-refractivity contribution >= 4 is 0 Å². The summed E-state index contributed by atoms with van der Waals surface area (Å²) in [5.41, 5.74) is 3.55. The van der Waals surface area contributed by atoms with Crippen LogP contribution in [0.5, 0.6) is 17.2 Å². The summed E-state index contributed by atoms with van der Waals surface area (Å²) in [5, 5.41) is 19.5. The van der Waals surface area contributed by atoms with E-state index in [2.05, 4.69) is 11.9 Å². The Morgan fingerprint density at radius 1 is 1.18 bits per heavy atom. The van der Waals surface area contributed by atoms with Crippen LogP contribution in [0.15, 0.2) is 36.4 Å². The molecule has 1 atom stereocenters. The van der Waals surface area contributed by atoms with Gasteiger partial charge in [0.05, 0.1) is 7.11 Å². The molecule has 0 saturated carbocycles. The van der Waals surface area contributed by atoms with E-state index in [0.29, 0.717) is 5.75 Å². The SMILES string of the molecule is COc1cc2c(cc1O)[C@H](Cc1ccc(O)cc1)N(C)CC2. The summed E-state index contributed by atoms with van der Waals surface area (Å²) in [5.74, 6) is 1.00. The van der Waals surface area contributed by atoms with E-state index in [4.69, 9.17) is 4.74 Å². The van der Waals surface area contributed by atoms with Gasteiger partial charge in [0.25, 0.3) is 0 Å². The van der Waals surface area contributed by atoms with Crippen molar-refractivity contribution in [3.8, 4) is 17.2 Å². The zero-order chi connectivity index (χ0) is 15.7. The number of nitrogens with zero attached hydrogens (tertiary/aromatic N) is 1. The van der Waals surface area contributed by atoms with Crippen LogP contribution in [-0.2, 0) is 12.8 Å². The molecule has 4 nitrogen and oxygen atoms in total. The molecule has 1 aliphatic rings. The second-order valence-electron chi connectivity index (χ2n) is 5.84. The summed E-state index contributed by atoms with van der Waals surface area (Å²) in [4.78, 5) is 2.31. The highest BCUT2D eigenvalue weighted by atomic mass is 16.5. The van der Waals surface area contributed by atoms with Crippen molar-refractivity contribution < 1.29 is 14.9 Å². The van der Waals surface area contributed by atoms with Crippen LogP contribution < -0.4 is 4.74 Å². The third-order valence-electron chi connectivity index (χ3n) is 4.43. The van der Waals surface area contributed by atoms with E-state index < -0.39 is 0 Å². The van der Waals surface area contributed by atoms with Crippen LogP contribution in [0.3, 0.4) is 0 Å². The van der Waals surface area contributed by atoms with E-state index in [-0.39, 0.29) is 17.5 Å². The van der Waals surface area contributed by atoms with Crippen LogP contribution >= 0.6 is 0 Å². The number of hydrogen-bond acceptors (Lipinski definition) is 4. The number of fused-ring (bicyclic) bond motifs is 1. The Morgan fingerprint density at radius 3 is 2.59 bits per heavy atom. The first-order chi connectivity index (χ1) is 10.6. The largest absolute Gasteiger partial charge is 0.508 e.